The number of aromatic nitrogens is 1. The average molecular weight is 162 g/mol. The molecule has 1 aromatic heterocycles. The molecule has 0 aliphatic rings. The van der Waals surface area contributed by atoms with E-state index >= 15 is 0 Å². The fourth-order valence-electron chi connectivity index (χ4n) is 0.786. The summed E-state index contributed by atoms with van der Waals surface area (Å²) in [5.41, 5.74) is 1.29. The van der Waals surface area contributed by atoms with Crippen LogP contribution in [0.15, 0.2) is 30.1 Å². The van der Waals surface area contributed by atoms with E-state index < -0.39 is 0 Å². The second-order valence-electron chi connectivity index (χ2n) is 2.22. The molecule has 0 saturated heterocycles. The van der Waals surface area contributed by atoms with Crippen LogP contribution in [0.3, 0.4) is 0 Å². The fourth-order valence-corrected chi connectivity index (χ4v) is 0.786. The van der Waals surface area contributed by atoms with Gasteiger partial charge in [0.05, 0.1) is 11.4 Å². The van der Waals surface area contributed by atoms with Gasteiger partial charge in [-0.3, -0.25) is 9.78 Å². The molecule has 12 heavy (non-hydrogen) atoms. The molecule has 0 radical (unpaired) electrons. The number of likely N-dealkylation sites (N-methyl/N-ethyl adjacent to an activating group) is 1. The Morgan fingerprint density at radius 3 is 2.92 bits per heavy atom. The number of allylic oxidation sites excluding steroid dienone is 1. The van der Waals surface area contributed by atoms with Crippen molar-refractivity contribution in [3.8, 4) is 0 Å². The van der Waals surface area contributed by atoms with Gasteiger partial charge in [-0.2, -0.15) is 0 Å². The summed E-state index contributed by atoms with van der Waals surface area (Å²) in [6, 6.07) is 5.54. The van der Waals surface area contributed by atoms with Crippen molar-refractivity contribution in [3.63, 3.8) is 0 Å². The zero-order chi connectivity index (χ0) is 8.81. The van der Waals surface area contributed by atoms with E-state index in [9.17, 15) is 4.79 Å². The van der Waals surface area contributed by atoms with Gasteiger partial charge in [-0.15, -0.1) is 0 Å². The summed E-state index contributed by atoms with van der Waals surface area (Å²) in [5.74, 6) is 0. The number of hydrogen-bond donors (Lipinski definition) is 1. The van der Waals surface area contributed by atoms with Crippen molar-refractivity contribution in [1.29, 1.82) is 0 Å². The van der Waals surface area contributed by atoms with E-state index in [0.717, 1.165) is 12.0 Å². The predicted octanol–water partition coefficient (Wildman–Crippen LogP) is 0.841. The molecule has 0 saturated carbocycles. The van der Waals surface area contributed by atoms with Crippen LogP contribution in [0.25, 0.3) is 6.08 Å². The summed E-state index contributed by atoms with van der Waals surface area (Å²) >= 11 is 0. The number of nitrogens with zero attached hydrogens (tertiary/aromatic N) is 1. The van der Waals surface area contributed by atoms with Crippen LogP contribution in [0.1, 0.15) is 5.69 Å². The molecule has 1 rings (SSSR count). The number of carbonyl (C=O) groups excluding carboxylic acids is 1. The molecule has 0 bridgehead atoms. The van der Waals surface area contributed by atoms with Crippen LogP contribution >= 0.6 is 0 Å². The first-order chi connectivity index (χ1) is 5.86. The Hall–Kier alpha value is -1.64. The lowest BCUT2D eigenvalue weighted by molar-refractivity contribution is -0.105. The maximum absolute atomic E-state index is 10.4. The van der Waals surface area contributed by atoms with Crippen molar-refractivity contribution in [2.45, 2.75) is 0 Å². The van der Waals surface area contributed by atoms with Crippen LogP contribution < -0.4 is 5.32 Å². The Bertz CT molecular complexity index is 280. The van der Waals surface area contributed by atoms with Crippen LogP contribution in [0.5, 0.6) is 0 Å². The van der Waals surface area contributed by atoms with Gasteiger partial charge in [-0.1, -0.05) is 6.07 Å². The highest BCUT2D eigenvalue weighted by molar-refractivity contribution is 5.79. The quantitative estimate of drug-likeness (QED) is 0.529. The number of hydrogen-bond acceptors (Lipinski definition) is 3. The van der Waals surface area contributed by atoms with Gasteiger partial charge in [0.25, 0.3) is 0 Å². The zero-order valence-corrected chi connectivity index (χ0v) is 6.82. The van der Waals surface area contributed by atoms with Gasteiger partial charge in [-0.05, 0) is 18.2 Å². The summed E-state index contributed by atoms with van der Waals surface area (Å²) in [5, 5.41) is 2.75. The predicted molar refractivity (Wildman–Crippen MR) is 47.3 cm³/mol. The second kappa shape index (κ2) is 4.28. The van der Waals surface area contributed by atoms with Crippen LogP contribution in [0.4, 0.5) is 0 Å². The fraction of sp³-hybridized carbons (Fsp3) is 0.111. The lowest BCUT2D eigenvalue weighted by Gasteiger charge is -1.96. The molecule has 0 amide bonds. The average Bonchev–Trinajstić information content (AvgIpc) is 2.16. The van der Waals surface area contributed by atoms with Crippen molar-refractivity contribution in [2.24, 2.45) is 0 Å². The summed E-state index contributed by atoms with van der Waals surface area (Å²) in [6.45, 7) is 0. The summed E-state index contributed by atoms with van der Waals surface area (Å²) < 4.78 is 0. The van der Waals surface area contributed by atoms with Crippen LogP contribution in [0, 0.1) is 0 Å². The Morgan fingerprint density at radius 1 is 1.58 bits per heavy atom. The van der Waals surface area contributed by atoms with Gasteiger partial charge >= 0.3 is 0 Å². The van der Waals surface area contributed by atoms with Gasteiger partial charge in [0.2, 0.25) is 0 Å². The third-order valence-corrected chi connectivity index (χ3v) is 1.41. The van der Waals surface area contributed by atoms with Crippen molar-refractivity contribution in [3.05, 3.63) is 35.8 Å². The zero-order valence-electron chi connectivity index (χ0n) is 6.82. The smallest absolute Gasteiger partial charge is 0.165 e. The maximum Gasteiger partial charge on any atom is 0.165 e. The minimum atomic E-state index is 0.522. The highest BCUT2D eigenvalue weighted by Crippen LogP contribution is 1.98. The minimum Gasteiger partial charge on any atom is -0.385 e. The second-order valence-corrected chi connectivity index (χ2v) is 2.22. The Balaban J connectivity index is 2.86. The van der Waals surface area contributed by atoms with Crippen molar-refractivity contribution in [2.75, 3.05) is 7.05 Å². The molecule has 62 valence electrons. The molecular formula is C9H10N2O. The first-order valence-corrected chi connectivity index (χ1v) is 3.62. The third-order valence-electron chi connectivity index (χ3n) is 1.41. The SMILES string of the molecule is CNC(C=O)=Cc1ccccn1. The van der Waals surface area contributed by atoms with Gasteiger partial charge in [-0.25, -0.2) is 0 Å². The van der Waals surface area contributed by atoms with Gasteiger partial charge in [0, 0.05) is 13.2 Å². The van der Waals surface area contributed by atoms with E-state index in [1.165, 1.54) is 0 Å². The van der Waals surface area contributed by atoms with Gasteiger partial charge in [0.1, 0.15) is 0 Å². The Labute approximate surface area is 71.1 Å². The molecule has 0 aromatic carbocycles. The monoisotopic (exact) mass is 162 g/mol. The number of carbonyl (C=O) groups is 1. The molecule has 0 aliphatic heterocycles. The number of pyridine rings is 1. The first-order valence-electron chi connectivity index (χ1n) is 3.62. The molecule has 1 heterocycles. The molecule has 0 fully saturated rings. The lowest BCUT2D eigenvalue weighted by atomic mass is 10.3. The highest BCUT2D eigenvalue weighted by Gasteiger charge is 1.91. The van der Waals surface area contributed by atoms with E-state index in [4.69, 9.17) is 0 Å². The molecule has 3 nitrogen and oxygen atoms in total. The highest BCUT2D eigenvalue weighted by atomic mass is 16.1. The van der Waals surface area contributed by atoms with E-state index in [2.05, 4.69) is 10.3 Å². The third kappa shape index (κ3) is 2.20. The molecule has 1 aromatic rings. The number of rotatable bonds is 3. The minimum absolute atomic E-state index is 0.522. The van der Waals surface area contributed by atoms with Crippen molar-refractivity contribution in [1.82, 2.24) is 10.3 Å². The Kier molecular flexibility index (Phi) is 3.02. The summed E-state index contributed by atoms with van der Waals surface area (Å²) in [7, 11) is 1.70. The van der Waals surface area contributed by atoms with E-state index in [-0.39, 0.29) is 0 Å². The van der Waals surface area contributed by atoms with Crippen molar-refractivity contribution < 1.29 is 4.79 Å². The molecule has 0 atom stereocenters. The van der Waals surface area contributed by atoms with Crippen LogP contribution in [-0.2, 0) is 4.79 Å². The topological polar surface area (TPSA) is 42.0 Å². The lowest BCUT2D eigenvalue weighted by Crippen LogP contribution is -2.06. The van der Waals surface area contributed by atoms with Gasteiger partial charge in [0.15, 0.2) is 6.29 Å². The van der Waals surface area contributed by atoms with Crippen molar-refractivity contribution >= 4 is 12.4 Å². The summed E-state index contributed by atoms with van der Waals surface area (Å²) in [6.07, 6.45) is 4.13. The summed E-state index contributed by atoms with van der Waals surface area (Å²) in [4.78, 5) is 14.4. The molecule has 1 N–H and O–H groups in total. The number of nitrogens with one attached hydrogen (secondary N) is 1. The Morgan fingerprint density at radius 2 is 2.42 bits per heavy atom. The largest absolute Gasteiger partial charge is 0.385 e. The maximum atomic E-state index is 10.4. The number of aldehydes is 1. The molecule has 0 unspecified atom stereocenters. The van der Waals surface area contributed by atoms with Gasteiger partial charge < -0.3 is 5.32 Å². The van der Waals surface area contributed by atoms with Crippen LogP contribution in [-0.4, -0.2) is 18.3 Å². The van der Waals surface area contributed by atoms with Crippen LogP contribution in [0.2, 0.25) is 0 Å². The van der Waals surface area contributed by atoms with E-state index in [1.54, 1.807) is 19.3 Å². The standard InChI is InChI=1S/C9H10N2O/c1-10-9(7-12)6-8-4-2-3-5-11-8/h2-7,10H,1H3. The van der Waals surface area contributed by atoms with E-state index in [0.29, 0.717) is 5.70 Å². The molecule has 3 heteroatoms. The first kappa shape index (κ1) is 8.46. The normalized spacial score (nSPS) is 10.9. The molecule has 0 aliphatic carbocycles. The molecule has 0 spiro atoms. The van der Waals surface area contributed by atoms with E-state index in [1.807, 2.05) is 18.2 Å². The molecular weight excluding hydrogens is 152 g/mol.